The van der Waals surface area contributed by atoms with Gasteiger partial charge in [0.2, 0.25) is 0 Å². The van der Waals surface area contributed by atoms with Crippen LogP contribution in [-0.2, 0) is 5.41 Å². The van der Waals surface area contributed by atoms with Crippen LogP contribution < -0.4 is 9.80 Å². The molecule has 0 spiro atoms. The zero-order valence-electron chi connectivity index (χ0n) is 26.7. The summed E-state index contributed by atoms with van der Waals surface area (Å²) < 4.78 is 0. The first-order valence-corrected chi connectivity index (χ1v) is 16.6. The number of anilines is 5. The molecule has 0 saturated carbocycles. The smallest absolute Gasteiger partial charge is 0.0629 e. The molecule has 2 unspecified atom stereocenters. The van der Waals surface area contributed by atoms with Crippen molar-refractivity contribution < 1.29 is 0 Å². The Morgan fingerprint density at radius 3 is 1.96 bits per heavy atom. The Morgan fingerprint density at radius 2 is 1.15 bits per heavy atom. The molecule has 0 N–H and O–H groups in total. The second-order valence-electron chi connectivity index (χ2n) is 13.4. The normalized spacial score (nSPS) is 18.0. The number of rotatable bonds is 5. The van der Waals surface area contributed by atoms with Gasteiger partial charge < -0.3 is 9.80 Å². The fraction of sp³-hybridized carbons (Fsp3) is 0.111. The third kappa shape index (κ3) is 4.40. The molecule has 226 valence electrons. The van der Waals surface area contributed by atoms with Crippen molar-refractivity contribution in [2.75, 3.05) is 9.80 Å². The fourth-order valence-electron chi connectivity index (χ4n) is 8.06. The summed E-state index contributed by atoms with van der Waals surface area (Å²) in [6.45, 7) is 4.69. The molecule has 2 nitrogen and oxygen atoms in total. The van der Waals surface area contributed by atoms with Gasteiger partial charge in [0.1, 0.15) is 0 Å². The van der Waals surface area contributed by atoms with Gasteiger partial charge in [-0.2, -0.15) is 0 Å². The Balaban J connectivity index is 1.04. The number of allylic oxidation sites excluding steroid dienone is 2. The Hall–Kier alpha value is -5.60. The van der Waals surface area contributed by atoms with Crippen LogP contribution in [0.5, 0.6) is 0 Å². The van der Waals surface area contributed by atoms with Crippen molar-refractivity contribution in [1.82, 2.24) is 0 Å². The van der Waals surface area contributed by atoms with Crippen LogP contribution in [0.15, 0.2) is 170 Å². The Labute approximate surface area is 277 Å². The van der Waals surface area contributed by atoms with Crippen LogP contribution in [0.25, 0.3) is 22.3 Å². The monoisotopic (exact) mass is 604 g/mol. The minimum atomic E-state index is -0.0532. The number of fused-ring (bicyclic) bond motifs is 6. The van der Waals surface area contributed by atoms with Gasteiger partial charge in [-0.05, 0) is 93.5 Å². The largest absolute Gasteiger partial charge is 0.333 e. The molecule has 0 aromatic heterocycles. The first kappa shape index (κ1) is 27.7. The Morgan fingerprint density at radius 1 is 0.532 bits per heavy atom. The van der Waals surface area contributed by atoms with Gasteiger partial charge in [0.05, 0.1) is 6.04 Å². The van der Waals surface area contributed by atoms with E-state index in [2.05, 4.69) is 194 Å². The molecule has 0 bridgehead atoms. The van der Waals surface area contributed by atoms with E-state index in [4.69, 9.17) is 0 Å². The average Bonchev–Trinajstić information content (AvgIpc) is 3.58. The molecule has 47 heavy (non-hydrogen) atoms. The summed E-state index contributed by atoms with van der Waals surface area (Å²) >= 11 is 0. The van der Waals surface area contributed by atoms with E-state index in [1.807, 2.05) is 0 Å². The average molecular weight is 605 g/mol. The quantitative estimate of drug-likeness (QED) is 0.193. The zero-order chi connectivity index (χ0) is 31.5. The maximum atomic E-state index is 2.49. The number of nitrogens with zero attached hydrogens (tertiary/aromatic N) is 2. The van der Waals surface area contributed by atoms with Crippen LogP contribution in [0.3, 0.4) is 0 Å². The fourth-order valence-corrected chi connectivity index (χ4v) is 8.06. The molecular weight excluding hydrogens is 569 g/mol. The molecule has 6 aromatic rings. The molecule has 6 aromatic carbocycles. The van der Waals surface area contributed by atoms with Crippen molar-refractivity contribution in [2.45, 2.75) is 31.2 Å². The summed E-state index contributed by atoms with van der Waals surface area (Å²) in [4.78, 5) is 4.86. The minimum Gasteiger partial charge on any atom is -0.333 e. The van der Waals surface area contributed by atoms with Gasteiger partial charge in [-0.25, -0.2) is 0 Å². The van der Waals surface area contributed by atoms with Gasteiger partial charge in [0.25, 0.3) is 0 Å². The van der Waals surface area contributed by atoms with Crippen LogP contribution in [0, 0.1) is 0 Å². The molecular formula is C45H36N2. The lowest BCUT2D eigenvalue weighted by Crippen LogP contribution is -2.28. The van der Waals surface area contributed by atoms with E-state index in [0.29, 0.717) is 12.0 Å². The van der Waals surface area contributed by atoms with Gasteiger partial charge in [-0.15, -0.1) is 0 Å². The molecule has 2 atom stereocenters. The number of benzene rings is 6. The van der Waals surface area contributed by atoms with E-state index in [0.717, 1.165) is 11.4 Å². The van der Waals surface area contributed by atoms with Crippen LogP contribution in [0.4, 0.5) is 28.4 Å². The van der Waals surface area contributed by atoms with Crippen LogP contribution in [0.2, 0.25) is 0 Å². The Kier molecular flexibility index (Phi) is 6.33. The summed E-state index contributed by atoms with van der Waals surface area (Å²) in [5.74, 6) is 0.392. The third-order valence-corrected chi connectivity index (χ3v) is 10.4. The maximum absolute atomic E-state index is 2.49. The minimum absolute atomic E-state index is 0.0532. The topological polar surface area (TPSA) is 6.48 Å². The van der Waals surface area contributed by atoms with Crippen molar-refractivity contribution in [3.05, 3.63) is 187 Å². The van der Waals surface area contributed by atoms with E-state index in [1.165, 1.54) is 56.0 Å². The molecule has 9 rings (SSSR count). The maximum Gasteiger partial charge on any atom is 0.0629 e. The predicted molar refractivity (Wildman–Crippen MR) is 198 cm³/mol. The lowest BCUT2D eigenvalue weighted by atomic mass is 9.82. The summed E-state index contributed by atoms with van der Waals surface area (Å²) in [5, 5.41) is 0. The van der Waals surface area contributed by atoms with Crippen molar-refractivity contribution >= 4 is 28.4 Å². The third-order valence-electron chi connectivity index (χ3n) is 10.4. The lowest BCUT2D eigenvalue weighted by Gasteiger charge is -2.29. The first-order valence-electron chi connectivity index (χ1n) is 16.6. The van der Waals surface area contributed by atoms with Gasteiger partial charge in [-0.3, -0.25) is 0 Å². The first-order chi connectivity index (χ1) is 23.1. The highest BCUT2D eigenvalue weighted by atomic mass is 15.2. The molecule has 3 aliphatic rings. The van der Waals surface area contributed by atoms with Gasteiger partial charge in [0.15, 0.2) is 0 Å². The van der Waals surface area contributed by atoms with Crippen LogP contribution in [-0.4, -0.2) is 6.04 Å². The highest BCUT2D eigenvalue weighted by molar-refractivity contribution is 5.86. The molecule has 2 heteroatoms. The molecule has 0 saturated heterocycles. The molecule has 0 radical (unpaired) electrons. The summed E-state index contributed by atoms with van der Waals surface area (Å²) in [6, 6.07) is 53.7. The molecule has 1 heterocycles. The second-order valence-corrected chi connectivity index (χ2v) is 13.4. The van der Waals surface area contributed by atoms with Gasteiger partial charge in [-0.1, -0.05) is 129 Å². The molecule has 1 aliphatic heterocycles. The van der Waals surface area contributed by atoms with Crippen molar-refractivity contribution in [2.24, 2.45) is 0 Å². The lowest BCUT2D eigenvalue weighted by molar-refractivity contribution is 0.660. The molecule has 0 amide bonds. The van der Waals surface area contributed by atoms with Gasteiger partial charge >= 0.3 is 0 Å². The predicted octanol–water partition coefficient (Wildman–Crippen LogP) is 11.9. The highest BCUT2D eigenvalue weighted by Crippen LogP contribution is 2.51. The van der Waals surface area contributed by atoms with E-state index in [9.17, 15) is 0 Å². The number of hydrogen-bond donors (Lipinski definition) is 0. The number of hydrogen-bond acceptors (Lipinski definition) is 2. The van der Waals surface area contributed by atoms with Gasteiger partial charge in [0, 0.05) is 39.8 Å². The highest BCUT2D eigenvalue weighted by Gasteiger charge is 2.37. The molecule has 2 aliphatic carbocycles. The van der Waals surface area contributed by atoms with E-state index in [-0.39, 0.29) is 5.41 Å². The Bertz CT molecular complexity index is 2170. The summed E-state index contributed by atoms with van der Waals surface area (Å²) in [7, 11) is 0. The van der Waals surface area contributed by atoms with E-state index < -0.39 is 0 Å². The SMILES string of the molecule is CC1(C)c2ccccc2-c2ccc(N(c3ccccc3)c3ccc(-c4ccc(N5c6ccccc6C6C=CC=CC65)cc4)cc3)cc21. The van der Waals surface area contributed by atoms with Crippen LogP contribution >= 0.6 is 0 Å². The second kappa shape index (κ2) is 10.7. The van der Waals surface area contributed by atoms with E-state index >= 15 is 0 Å². The van der Waals surface area contributed by atoms with Crippen molar-refractivity contribution in [1.29, 1.82) is 0 Å². The standard InChI is InChI=1S/C45H36N2/c1-45(2)41-17-9-6-14-37(41)38-29-28-36(30-42(38)45)46(33-12-4-3-5-13-33)34-24-20-31(21-25-34)32-22-26-35(27-23-32)47-43-18-10-7-15-39(43)40-16-8-11-19-44(40)47/h3-30,39,43H,1-2H3. The number of para-hydroxylation sites is 2. The zero-order valence-corrected chi connectivity index (χ0v) is 26.7. The summed E-state index contributed by atoms with van der Waals surface area (Å²) in [6.07, 6.45) is 9.02. The van der Waals surface area contributed by atoms with E-state index in [1.54, 1.807) is 0 Å². The van der Waals surface area contributed by atoms with Crippen molar-refractivity contribution in [3.8, 4) is 22.3 Å². The van der Waals surface area contributed by atoms with Crippen LogP contribution in [0.1, 0.15) is 36.5 Å². The summed E-state index contributed by atoms with van der Waals surface area (Å²) in [5.41, 5.74) is 15.2. The van der Waals surface area contributed by atoms with Crippen molar-refractivity contribution in [3.63, 3.8) is 0 Å². The molecule has 0 fully saturated rings.